The standard InChI is InChI=1S/C15H10ClF/c16-15-13-4-2-1-3-10(13)5-6-11-7-8-12(17)9-14(11)15/h1-9,15H. The average molecular weight is 245 g/mol. The van der Waals surface area contributed by atoms with E-state index < -0.39 is 0 Å². The normalized spacial score (nSPS) is 17.2. The van der Waals surface area contributed by atoms with E-state index in [-0.39, 0.29) is 11.2 Å². The molecule has 0 aromatic heterocycles. The Labute approximate surface area is 104 Å². The van der Waals surface area contributed by atoms with Gasteiger partial charge in [-0.05, 0) is 34.4 Å². The summed E-state index contributed by atoms with van der Waals surface area (Å²) < 4.78 is 13.3. The number of rotatable bonds is 0. The zero-order chi connectivity index (χ0) is 11.8. The van der Waals surface area contributed by atoms with Crippen LogP contribution in [0.5, 0.6) is 0 Å². The second kappa shape index (κ2) is 4.01. The Hall–Kier alpha value is -1.60. The summed E-state index contributed by atoms with van der Waals surface area (Å²) in [6.07, 6.45) is 4.00. The molecule has 0 heterocycles. The molecule has 1 aliphatic carbocycles. The highest BCUT2D eigenvalue weighted by molar-refractivity contribution is 6.23. The molecule has 0 saturated carbocycles. The zero-order valence-electron chi connectivity index (χ0n) is 9.03. The van der Waals surface area contributed by atoms with Crippen LogP contribution in [-0.4, -0.2) is 0 Å². The van der Waals surface area contributed by atoms with E-state index in [4.69, 9.17) is 11.6 Å². The summed E-state index contributed by atoms with van der Waals surface area (Å²) in [5.41, 5.74) is 3.91. The van der Waals surface area contributed by atoms with Crippen molar-refractivity contribution in [3.8, 4) is 0 Å². The predicted octanol–water partition coefficient (Wildman–Crippen LogP) is 4.64. The Bertz CT molecular complexity index is 602. The third kappa shape index (κ3) is 1.77. The minimum Gasteiger partial charge on any atom is -0.207 e. The summed E-state index contributed by atoms with van der Waals surface area (Å²) in [7, 11) is 0. The summed E-state index contributed by atoms with van der Waals surface area (Å²) in [4.78, 5) is 0. The van der Waals surface area contributed by atoms with Crippen LogP contribution in [0.25, 0.3) is 12.2 Å². The number of halogens is 2. The van der Waals surface area contributed by atoms with Gasteiger partial charge in [0.1, 0.15) is 5.82 Å². The molecule has 1 unspecified atom stereocenters. The molecule has 84 valence electrons. The molecular formula is C15H10ClF. The van der Waals surface area contributed by atoms with Gasteiger partial charge in [-0.3, -0.25) is 0 Å². The van der Waals surface area contributed by atoms with Crippen LogP contribution in [0, 0.1) is 5.82 Å². The molecule has 1 atom stereocenters. The fourth-order valence-electron chi connectivity index (χ4n) is 2.16. The van der Waals surface area contributed by atoms with Gasteiger partial charge >= 0.3 is 0 Å². The number of benzene rings is 2. The molecule has 0 radical (unpaired) electrons. The van der Waals surface area contributed by atoms with Gasteiger partial charge in [0, 0.05) is 0 Å². The topological polar surface area (TPSA) is 0 Å². The maximum atomic E-state index is 13.3. The molecule has 0 amide bonds. The van der Waals surface area contributed by atoms with Gasteiger partial charge in [0.05, 0.1) is 5.38 Å². The first-order chi connectivity index (χ1) is 8.25. The van der Waals surface area contributed by atoms with Crippen molar-refractivity contribution in [2.75, 3.05) is 0 Å². The van der Waals surface area contributed by atoms with Crippen molar-refractivity contribution < 1.29 is 4.39 Å². The van der Waals surface area contributed by atoms with Crippen LogP contribution in [0.15, 0.2) is 42.5 Å². The van der Waals surface area contributed by atoms with Crippen LogP contribution in [0.3, 0.4) is 0 Å². The van der Waals surface area contributed by atoms with E-state index in [1.807, 2.05) is 36.4 Å². The molecular weight excluding hydrogens is 235 g/mol. The largest absolute Gasteiger partial charge is 0.207 e. The second-order valence-electron chi connectivity index (χ2n) is 4.10. The Morgan fingerprint density at radius 2 is 1.59 bits per heavy atom. The van der Waals surface area contributed by atoms with Crippen LogP contribution in [-0.2, 0) is 0 Å². The fraction of sp³-hybridized carbons (Fsp3) is 0.0667. The highest BCUT2D eigenvalue weighted by Crippen LogP contribution is 2.37. The van der Waals surface area contributed by atoms with Crippen LogP contribution in [0.1, 0.15) is 27.6 Å². The lowest BCUT2D eigenvalue weighted by Gasteiger charge is -2.13. The van der Waals surface area contributed by atoms with Crippen molar-refractivity contribution in [2.24, 2.45) is 0 Å². The molecule has 2 heteroatoms. The van der Waals surface area contributed by atoms with Gasteiger partial charge in [-0.2, -0.15) is 0 Å². The van der Waals surface area contributed by atoms with Crippen LogP contribution < -0.4 is 0 Å². The Morgan fingerprint density at radius 1 is 0.882 bits per heavy atom. The van der Waals surface area contributed by atoms with Gasteiger partial charge in [-0.1, -0.05) is 42.5 Å². The summed E-state index contributed by atoms with van der Waals surface area (Å²) in [5.74, 6) is -0.248. The van der Waals surface area contributed by atoms with Crippen molar-refractivity contribution in [3.63, 3.8) is 0 Å². The number of alkyl halides is 1. The van der Waals surface area contributed by atoms with Crippen molar-refractivity contribution in [2.45, 2.75) is 5.38 Å². The molecule has 2 aromatic carbocycles. The molecule has 0 saturated heterocycles. The lowest BCUT2D eigenvalue weighted by molar-refractivity contribution is 0.625. The molecule has 0 bridgehead atoms. The van der Waals surface area contributed by atoms with Gasteiger partial charge in [-0.25, -0.2) is 4.39 Å². The number of fused-ring (bicyclic) bond motifs is 2. The quantitative estimate of drug-likeness (QED) is 0.593. The average Bonchev–Trinajstić information content (AvgIpc) is 2.49. The molecule has 0 aliphatic heterocycles. The highest BCUT2D eigenvalue weighted by Gasteiger charge is 2.19. The van der Waals surface area contributed by atoms with E-state index in [9.17, 15) is 4.39 Å². The Balaban J connectivity index is 2.25. The van der Waals surface area contributed by atoms with Gasteiger partial charge in [0.2, 0.25) is 0 Å². The maximum Gasteiger partial charge on any atom is 0.123 e. The van der Waals surface area contributed by atoms with E-state index >= 15 is 0 Å². The Kier molecular flexibility index (Phi) is 2.49. The van der Waals surface area contributed by atoms with E-state index in [2.05, 4.69) is 0 Å². The smallest absolute Gasteiger partial charge is 0.123 e. The van der Waals surface area contributed by atoms with Crippen molar-refractivity contribution in [1.29, 1.82) is 0 Å². The fourth-order valence-corrected chi connectivity index (χ4v) is 2.55. The zero-order valence-corrected chi connectivity index (χ0v) is 9.79. The molecule has 3 rings (SSSR count). The van der Waals surface area contributed by atoms with Crippen molar-refractivity contribution in [3.05, 3.63) is 70.5 Å². The van der Waals surface area contributed by atoms with E-state index in [0.29, 0.717) is 0 Å². The minimum absolute atomic E-state index is 0.248. The number of hydrogen-bond donors (Lipinski definition) is 0. The lowest BCUT2D eigenvalue weighted by atomic mass is 9.99. The van der Waals surface area contributed by atoms with E-state index in [0.717, 1.165) is 22.3 Å². The van der Waals surface area contributed by atoms with E-state index in [1.54, 1.807) is 6.07 Å². The molecule has 0 nitrogen and oxygen atoms in total. The van der Waals surface area contributed by atoms with Gasteiger partial charge in [0.15, 0.2) is 0 Å². The molecule has 1 aliphatic rings. The van der Waals surface area contributed by atoms with Gasteiger partial charge < -0.3 is 0 Å². The Morgan fingerprint density at radius 3 is 2.41 bits per heavy atom. The van der Waals surface area contributed by atoms with Crippen molar-refractivity contribution >= 4 is 23.8 Å². The predicted molar refractivity (Wildman–Crippen MR) is 69.5 cm³/mol. The van der Waals surface area contributed by atoms with Gasteiger partial charge in [-0.15, -0.1) is 11.6 Å². The van der Waals surface area contributed by atoms with Crippen molar-refractivity contribution in [1.82, 2.24) is 0 Å². The SMILES string of the molecule is Fc1ccc2c(c1)C(Cl)c1ccccc1C=C2. The monoisotopic (exact) mass is 244 g/mol. The summed E-state index contributed by atoms with van der Waals surface area (Å²) in [5, 5.41) is -0.299. The minimum atomic E-state index is -0.299. The summed E-state index contributed by atoms with van der Waals surface area (Å²) in [6.45, 7) is 0. The molecule has 2 aromatic rings. The number of hydrogen-bond acceptors (Lipinski definition) is 0. The van der Waals surface area contributed by atoms with E-state index in [1.165, 1.54) is 12.1 Å². The molecule has 0 fully saturated rings. The maximum absolute atomic E-state index is 13.3. The first-order valence-electron chi connectivity index (χ1n) is 5.46. The summed E-state index contributed by atoms with van der Waals surface area (Å²) in [6, 6.07) is 12.7. The van der Waals surface area contributed by atoms with Gasteiger partial charge in [0.25, 0.3) is 0 Å². The van der Waals surface area contributed by atoms with Crippen LogP contribution in [0.2, 0.25) is 0 Å². The van der Waals surface area contributed by atoms with Crippen LogP contribution in [0.4, 0.5) is 4.39 Å². The third-order valence-electron chi connectivity index (χ3n) is 3.03. The first-order valence-corrected chi connectivity index (χ1v) is 5.90. The second-order valence-corrected chi connectivity index (χ2v) is 4.53. The molecule has 0 spiro atoms. The lowest BCUT2D eigenvalue weighted by Crippen LogP contribution is -1.97. The molecule has 0 N–H and O–H groups in total. The summed E-state index contributed by atoms with van der Waals surface area (Å²) >= 11 is 6.45. The third-order valence-corrected chi connectivity index (χ3v) is 3.50. The first kappa shape index (κ1) is 10.5. The van der Waals surface area contributed by atoms with Crippen LogP contribution >= 0.6 is 11.6 Å². The molecule has 17 heavy (non-hydrogen) atoms. The highest BCUT2D eigenvalue weighted by atomic mass is 35.5.